The van der Waals surface area contributed by atoms with Crippen molar-refractivity contribution in [3.05, 3.63) is 66.8 Å². The molecule has 3 heteroatoms. The summed E-state index contributed by atoms with van der Waals surface area (Å²) in [6.07, 6.45) is 13.4. The summed E-state index contributed by atoms with van der Waals surface area (Å²) in [6, 6.07) is 6.09. The average molecular weight is 261 g/mol. The molecule has 0 radical (unpaired) electrons. The van der Waals surface area contributed by atoms with Gasteiger partial charge in [-0.3, -0.25) is 9.55 Å². The highest BCUT2D eigenvalue weighted by Crippen LogP contribution is 2.21. The minimum Gasteiger partial charge on any atom is -0.300 e. The van der Waals surface area contributed by atoms with Crippen molar-refractivity contribution in [2.24, 2.45) is 0 Å². The molecule has 0 atom stereocenters. The fraction of sp³-hybridized carbons (Fsp3) is 0.0588. The van der Waals surface area contributed by atoms with E-state index in [1.54, 1.807) is 6.20 Å². The van der Waals surface area contributed by atoms with E-state index in [1.165, 1.54) is 0 Å². The Morgan fingerprint density at radius 3 is 2.90 bits per heavy atom. The van der Waals surface area contributed by atoms with Crippen molar-refractivity contribution in [2.75, 3.05) is 0 Å². The molecule has 0 aromatic carbocycles. The van der Waals surface area contributed by atoms with Crippen molar-refractivity contribution in [2.45, 2.75) is 6.92 Å². The van der Waals surface area contributed by atoms with Crippen molar-refractivity contribution in [1.82, 2.24) is 14.5 Å². The fourth-order valence-corrected chi connectivity index (χ4v) is 2.27. The van der Waals surface area contributed by atoms with E-state index in [4.69, 9.17) is 0 Å². The normalized spacial score (nSPS) is 11.2. The summed E-state index contributed by atoms with van der Waals surface area (Å²) in [5.41, 5.74) is 3.19. The first-order valence-corrected chi connectivity index (χ1v) is 6.50. The zero-order chi connectivity index (χ0) is 13.9. The van der Waals surface area contributed by atoms with Crippen LogP contribution >= 0.6 is 0 Å². The lowest BCUT2D eigenvalue weighted by Crippen LogP contribution is -1.97. The van der Waals surface area contributed by atoms with Gasteiger partial charge in [0.25, 0.3) is 0 Å². The van der Waals surface area contributed by atoms with E-state index in [0.717, 1.165) is 27.8 Å². The van der Waals surface area contributed by atoms with E-state index >= 15 is 0 Å². The summed E-state index contributed by atoms with van der Waals surface area (Å²) in [5, 5.41) is 1.15. The molecule has 0 saturated carbocycles. The molecular weight excluding hydrogens is 246 g/mol. The second kappa shape index (κ2) is 5.13. The highest BCUT2D eigenvalue weighted by molar-refractivity contribution is 5.80. The van der Waals surface area contributed by atoms with Crippen LogP contribution in [0.2, 0.25) is 0 Å². The number of rotatable bonds is 3. The molecule has 0 saturated heterocycles. The molecule has 98 valence electrons. The first kappa shape index (κ1) is 12.4. The molecule has 0 bridgehead atoms. The van der Waals surface area contributed by atoms with Crippen LogP contribution < -0.4 is 0 Å². The van der Waals surface area contributed by atoms with Crippen LogP contribution in [-0.4, -0.2) is 14.5 Å². The van der Waals surface area contributed by atoms with Crippen LogP contribution in [-0.2, 0) is 0 Å². The van der Waals surface area contributed by atoms with Crippen LogP contribution in [0.25, 0.3) is 28.9 Å². The predicted molar refractivity (Wildman–Crippen MR) is 83.7 cm³/mol. The molecule has 0 aliphatic carbocycles. The molecule has 0 unspecified atom stereocenters. The van der Waals surface area contributed by atoms with Gasteiger partial charge in [-0.25, -0.2) is 4.98 Å². The number of hydrogen-bond donors (Lipinski definition) is 0. The number of nitrogens with zero attached hydrogens (tertiary/aromatic N) is 3. The van der Waals surface area contributed by atoms with Crippen LogP contribution in [0.15, 0.2) is 55.6 Å². The van der Waals surface area contributed by atoms with Gasteiger partial charge in [-0.1, -0.05) is 24.8 Å². The zero-order valence-electron chi connectivity index (χ0n) is 11.3. The standard InChI is InChI=1S/C17H15N3/c1-3-5-15-11-19-17(10-13(15)4-2)20-9-7-14-6-8-18-12-16(14)20/h3-12H,2H2,1H3/b5-3-. The summed E-state index contributed by atoms with van der Waals surface area (Å²) in [5.74, 6) is 0.871. The van der Waals surface area contributed by atoms with Crippen molar-refractivity contribution >= 4 is 23.1 Å². The maximum Gasteiger partial charge on any atom is 0.137 e. The van der Waals surface area contributed by atoms with Gasteiger partial charge in [-0.2, -0.15) is 0 Å². The van der Waals surface area contributed by atoms with E-state index in [-0.39, 0.29) is 0 Å². The molecule has 0 aliphatic rings. The summed E-state index contributed by atoms with van der Waals surface area (Å²) in [7, 11) is 0. The van der Waals surface area contributed by atoms with Crippen LogP contribution in [0.4, 0.5) is 0 Å². The molecule has 20 heavy (non-hydrogen) atoms. The Bertz CT molecular complexity index is 797. The number of fused-ring (bicyclic) bond motifs is 1. The molecule has 3 nitrogen and oxygen atoms in total. The monoisotopic (exact) mass is 261 g/mol. The third-order valence-electron chi connectivity index (χ3n) is 3.26. The number of aromatic nitrogens is 3. The lowest BCUT2D eigenvalue weighted by atomic mass is 10.1. The van der Waals surface area contributed by atoms with Gasteiger partial charge in [0.05, 0.1) is 11.7 Å². The van der Waals surface area contributed by atoms with Gasteiger partial charge in [0.15, 0.2) is 0 Å². The van der Waals surface area contributed by atoms with Gasteiger partial charge in [-0.05, 0) is 36.2 Å². The van der Waals surface area contributed by atoms with Crippen LogP contribution in [0, 0.1) is 0 Å². The van der Waals surface area contributed by atoms with E-state index < -0.39 is 0 Å². The second-order valence-corrected chi connectivity index (χ2v) is 4.50. The average Bonchev–Trinajstić information content (AvgIpc) is 2.92. The third-order valence-corrected chi connectivity index (χ3v) is 3.26. The quantitative estimate of drug-likeness (QED) is 0.710. The Morgan fingerprint density at radius 1 is 1.20 bits per heavy atom. The van der Waals surface area contributed by atoms with E-state index in [9.17, 15) is 0 Å². The summed E-state index contributed by atoms with van der Waals surface area (Å²) in [4.78, 5) is 8.72. The smallest absolute Gasteiger partial charge is 0.137 e. The molecule has 0 spiro atoms. The van der Waals surface area contributed by atoms with Gasteiger partial charge >= 0.3 is 0 Å². The summed E-state index contributed by atoms with van der Waals surface area (Å²) < 4.78 is 2.04. The van der Waals surface area contributed by atoms with Crippen LogP contribution in [0.1, 0.15) is 18.1 Å². The number of pyridine rings is 2. The largest absolute Gasteiger partial charge is 0.300 e. The van der Waals surface area contributed by atoms with Crippen LogP contribution in [0.3, 0.4) is 0 Å². The minimum absolute atomic E-state index is 0.871. The molecule has 0 fully saturated rings. The van der Waals surface area contributed by atoms with Crippen molar-refractivity contribution < 1.29 is 0 Å². The topological polar surface area (TPSA) is 30.7 Å². The number of allylic oxidation sites excluding steroid dienone is 1. The van der Waals surface area contributed by atoms with Crippen molar-refractivity contribution in [1.29, 1.82) is 0 Å². The van der Waals surface area contributed by atoms with Crippen molar-refractivity contribution in [3.63, 3.8) is 0 Å². The highest BCUT2D eigenvalue weighted by Gasteiger charge is 2.06. The molecule has 3 rings (SSSR count). The first-order valence-electron chi connectivity index (χ1n) is 6.50. The Morgan fingerprint density at radius 2 is 2.10 bits per heavy atom. The Kier molecular flexibility index (Phi) is 3.17. The molecule has 3 aromatic heterocycles. The summed E-state index contributed by atoms with van der Waals surface area (Å²) >= 11 is 0. The van der Waals surface area contributed by atoms with E-state index in [1.807, 2.05) is 60.4 Å². The van der Waals surface area contributed by atoms with Gasteiger partial charge in [0.1, 0.15) is 5.82 Å². The van der Waals surface area contributed by atoms with Gasteiger partial charge in [0, 0.05) is 24.0 Å². The Hall–Kier alpha value is -2.68. The lowest BCUT2D eigenvalue weighted by Gasteiger charge is -2.07. The van der Waals surface area contributed by atoms with Crippen molar-refractivity contribution in [3.8, 4) is 5.82 Å². The van der Waals surface area contributed by atoms with Gasteiger partial charge in [0.2, 0.25) is 0 Å². The molecule has 3 heterocycles. The Labute approximate surface area is 117 Å². The lowest BCUT2D eigenvalue weighted by molar-refractivity contribution is 1.04. The van der Waals surface area contributed by atoms with Crippen LogP contribution in [0.5, 0.6) is 0 Å². The highest BCUT2D eigenvalue weighted by atomic mass is 15.1. The second-order valence-electron chi connectivity index (χ2n) is 4.50. The maximum atomic E-state index is 4.53. The minimum atomic E-state index is 0.871. The van der Waals surface area contributed by atoms with Gasteiger partial charge < -0.3 is 0 Å². The molecule has 3 aromatic rings. The van der Waals surface area contributed by atoms with E-state index in [0.29, 0.717) is 0 Å². The summed E-state index contributed by atoms with van der Waals surface area (Å²) in [6.45, 7) is 5.87. The maximum absolute atomic E-state index is 4.53. The first-order chi connectivity index (χ1) is 9.83. The third kappa shape index (κ3) is 2.03. The molecule has 0 aliphatic heterocycles. The fourth-order valence-electron chi connectivity index (χ4n) is 2.27. The Balaban J connectivity index is 2.17. The number of hydrogen-bond acceptors (Lipinski definition) is 2. The zero-order valence-corrected chi connectivity index (χ0v) is 11.3. The van der Waals surface area contributed by atoms with E-state index in [2.05, 4.69) is 22.6 Å². The van der Waals surface area contributed by atoms with Gasteiger partial charge in [-0.15, -0.1) is 0 Å². The SMILES string of the molecule is C=Cc1cc(-n2ccc3ccncc32)ncc1/C=C\C. The molecule has 0 N–H and O–H groups in total. The predicted octanol–water partition coefficient (Wildman–Crippen LogP) is 4.10. The molecular formula is C17H15N3. The molecule has 0 amide bonds.